The molecule has 0 radical (unpaired) electrons. The van der Waals surface area contributed by atoms with E-state index in [0.29, 0.717) is 5.22 Å². The second kappa shape index (κ2) is 6.07. The lowest BCUT2D eigenvalue weighted by atomic mass is 10.1. The zero-order valence-electron chi connectivity index (χ0n) is 10.7. The van der Waals surface area contributed by atoms with E-state index in [4.69, 9.17) is 10.2 Å². The third-order valence-corrected chi connectivity index (χ3v) is 3.75. The summed E-state index contributed by atoms with van der Waals surface area (Å²) in [6.07, 6.45) is 3.54. The van der Waals surface area contributed by atoms with Crippen LogP contribution in [-0.4, -0.2) is 11.0 Å². The lowest BCUT2D eigenvalue weighted by Crippen LogP contribution is -2.21. The number of aromatic nitrogens is 1. The summed E-state index contributed by atoms with van der Waals surface area (Å²) in [5, 5.41) is 0.685. The van der Waals surface area contributed by atoms with Crippen molar-refractivity contribution in [2.75, 3.05) is 0 Å². The van der Waals surface area contributed by atoms with Gasteiger partial charge in [-0.15, -0.1) is 0 Å². The molecule has 1 atom stereocenters. The fraction of sp³-hybridized carbons (Fsp3) is 0.357. The van der Waals surface area contributed by atoms with Crippen molar-refractivity contribution >= 4 is 11.8 Å². The van der Waals surface area contributed by atoms with Crippen LogP contribution in [0.3, 0.4) is 0 Å². The highest BCUT2D eigenvalue weighted by Gasteiger charge is 2.10. The summed E-state index contributed by atoms with van der Waals surface area (Å²) in [4.78, 5) is 5.48. The minimum atomic E-state index is 0.207. The lowest BCUT2D eigenvalue weighted by molar-refractivity contribution is 0.454. The highest BCUT2D eigenvalue weighted by molar-refractivity contribution is 7.99. The maximum atomic E-state index is 6.02. The van der Waals surface area contributed by atoms with Gasteiger partial charge in [-0.2, -0.15) is 0 Å². The highest BCUT2D eigenvalue weighted by Crippen LogP contribution is 2.30. The van der Waals surface area contributed by atoms with E-state index in [1.54, 1.807) is 18.0 Å². The summed E-state index contributed by atoms with van der Waals surface area (Å²) in [6, 6.07) is 8.48. The third kappa shape index (κ3) is 3.37. The van der Waals surface area contributed by atoms with Crippen molar-refractivity contribution in [3.05, 3.63) is 41.8 Å². The van der Waals surface area contributed by atoms with Gasteiger partial charge in [-0.25, -0.2) is 4.98 Å². The smallest absolute Gasteiger partial charge is 0.260 e. The van der Waals surface area contributed by atoms with Gasteiger partial charge in [0.05, 0.1) is 5.69 Å². The van der Waals surface area contributed by atoms with Crippen LogP contribution in [-0.2, 0) is 6.42 Å². The Morgan fingerprint density at radius 2 is 2.17 bits per heavy atom. The van der Waals surface area contributed by atoms with Gasteiger partial charge < -0.3 is 10.2 Å². The largest absolute Gasteiger partial charge is 0.439 e. The van der Waals surface area contributed by atoms with Crippen LogP contribution in [0.15, 0.2) is 45.1 Å². The molecule has 1 aromatic heterocycles. The van der Waals surface area contributed by atoms with E-state index in [-0.39, 0.29) is 6.04 Å². The zero-order chi connectivity index (χ0) is 13.0. The number of benzene rings is 1. The predicted molar refractivity (Wildman–Crippen MR) is 73.8 cm³/mol. The molecular weight excluding hydrogens is 244 g/mol. The quantitative estimate of drug-likeness (QED) is 0.897. The third-order valence-electron chi connectivity index (χ3n) is 2.77. The summed E-state index contributed by atoms with van der Waals surface area (Å²) in [7, 11) is 0. The van der Waals surface area contributed by atoms with Crippen molar-refractivity contribution in [3.8, 4) is 0 Å². The first-order valence-corrected chi connectivity index (χ1v) is 6.94. The van der Waals surface area contributed by atoms with Crippen molar-refractivity contribution in [2.24, 2.45) is 5.73 Å². The average molecular weight is 262 g/mol. The maximum absolute atomic E-state index is 6.02. The average Bonchev–Trinajstić information content (AvgIpc) is 2.77. The van der Waals surface area contributed by atoms with Gasteiger partial charge >= 0.3 is 0 Å². The molecule has 0 bridgehead atoms. The molecule has 0 aliphatic heterocycles. The lowest BCUT2D eigenvalue weighted by Gasteiger charge is -2.11. The van der Waals surface area contributed by atoms with Gasteiger partial charge in [-0.1, -0.05) is 25.1 Å². The highest BCUT2D eigenvalue weighted by atomic mass is 32.2. The molecule has 2 aromatic rings. The van der Waals surface area contributed by atoms with Gasteiger partial charge in [0.25, 0.3) is 5.22 Å². The van der Waals surface area contributed by atoms with Crippen molar-refractivity contribution in [1.82, 2.24) is 4.98 Å². The van der Waals surface area contributed by atoms with E-state index < -0.39 is 0 Å². The molecule has 0 amide bonds. The Labute approximate surface area is 112 Å². The number of oxazole rings is 1. The Kier molecular flexibility index (Phi) is 4.44. The molecule has 0 fully saturated rings. The Hall–Kier alpha value is -1.26. The summed E-state index contributed by atoms with van der Waals surface area (Å²) < 4.78 is 5.38. The molecule has 0 aliphatic rings. The number of aryl methyl sites for hydroxylation is 1. The summed E-state index contributed by atoms with van der Waals surface area (Å²) in [5.74, 6) is 0. The van der Waals surface area contributed by atoms with E-state index in [1.165, 1.54) is 10.5 Å². The molecule has 1 heterocycles. The molecule has 0 saturated heterocycles. The predicted octanol–water partition coefficient (Wildman–Crippen LogP) is 3.41. The molecule has 2 N–H and O–H groups in total. The number of nitrogens with two attached hydrogens (primary N) is 1. The van der Waals surface area contributed by atoms with Crippen LogP contribution in [0, 0.1) is 6.92 Å². The summed E-state index contributed by atoms with van der Waals surface area (Å²) >= 11 is 1.55. The monoisotopic (exact) mass is 262 g/mol. The maximum Gasteiger partial charge on any atom is 0.260 e. The first-order valence-electron chi connectivity index (χ1n) is 6.12. The number of rotatable bonds is 5. The van der Waals surface area contributed by atoms with E-state index in [0.717, 1.165) is 18.5 Å². The molecule has 1 unspecified atom stereocenters. The first-order chi connectivity index (χ1) is 8.69. The van der Waals surface area contributed by atoms with Crippen LogP contribution < -0.4 is 5.73 Å². The van der Waals surface area contributed by atoms with Crippen LogP contribution >= 0.6 is 11.8 Å². The van der Waals surface area contributed by atoms with Crippen LogP contribution in [0.4, 0.5) is 0 Å². The van der Waals surface area contributed by atoms with Crippen LogP contribution in [0.5, 0.6) is 0 Å². The second-order valence-corrected chi connectivity index (χ2v) is 5.33. The molecule has 0 aliphatic carbocycles. The summed E-state index contributed by atoms with van der Waals surface area (Å²) in [5.41, 5.74) is 8.18. The van der Waals surface area contributed by atoms with Crippen LogP contribution in [0.1, 0.15) is 24.6 Å². The fourth-order valence-electron chi connectivity index (χ4n) is 1.67. The minimum absolute atomic E-state index is 0.207. The Morgan fingerprint density at radius 1 is 1.39 bits per heavy atom. The second-order valence-electron chi connectivity index (χ2n) is 4.34. The molecule has 2 rings (SSSR count). The van der Waals surface area contributed by atoms with Gasteiger partial charge in [0.2, 0.25) is 0 Å². The van der Waals surface area contributed by atoms with E-state index in [9.17, 15) is 0 Å². The van der Waals surface area contributed by atoms with Gasteiger partial charge in [0.1, 0.15) is 6.26 Å². The molecular formula is C14H18N2OS. The molecule has 4 heteroatoms. The van der Waals surface area contributed by atoms with Gasteiger partial charge in [0, 0.05) is 10.9 Å². The zero-order valence-corrected chi connectivity index (χ0v) is 11.5. The van der Waals surface area contributed by atoms with Crippen LogP contribution in [0.2, 0.25) is 0 Å². The number of nitrogens with zero attached hydrogens (tertiary/aromatic N) is 1. The van der Waals surface area contributed by atoms with E-state index in [1.807, 2.05) is 19.1 Å². The molecule has 18 heavy (non-hydrogen) atoms. The first kappa shape index (κ1) is 13.2. The molecule has 0 spiro atoms. The van der Waals surface area contributed by atoms with E-state index >= 15 is 0 Å². The standard InChI is InChI=1S/C14H18N2OS/c1-3-12(15)8-11-6-4-5-7-13(11)18-14-16-10(2)9-17-14/h4-7,9,12H,3,8,15H2,1-2H3. The summed E-state index contributed by atoms with van der Waals surface area (Å²) in [6.45, 7) is 4.03. The molecule has 96 valence electrons. The SMILES string of the molecule is CCC(N)Cc1ccccc1Sc1nc(C)co1. The molecule has 0 saturated carbocycles. The number of hydrogen-bond donors (Lipinski definition) is 1. The van der Waals surface area contributed by atoms with Gasteiger partial charge in [-0.05, 0) is 43.2 Å². The normalized spacial score (nSPS) is 12.6. The van der Waals surface area contributed by atoms with E-state index in [2.05, 4.69) is 24.0 Å². The van der Waals surface area contributed by atoms with Crippen molar-refractivity contribution < 1.29 is 4.42 Å². The molecule has 1 aromatic carbocycles. The van der Waals surface area contributed by atoms with Crippen molar-refractivity contribution in [3.63, 3.8) is 0 Å². The fourth-order valence-corrected chi connectivity index (χ4v) is 2.58. The Morgan fingerprint density at radius 3 is 2.83 bits per heavy atom. The number of hydrogen-bond acceptors (Lipinski definition) is 4. The Bertz CT molecular complexity index is 510. The topological polar surface area (TPSA) is 52.0 Å². The van der Waals surface area contributed by atoms with Crippen molar-refractivity contribution in [1.29, 1.82) is 0 Å². The Balaban J connectivity index is 2.16. The van der Waals surface area contributed by atoms with Crippen LogP contribution in [0.25, 0.3) is 0 Å². The molecule has 3 nitrogen and oxygen atoms in total. The van der Waals surface area contributed by atoms with Gasteiger partial charge in [0.15, 0.2) is 0 Å². The van der Waals surface area contributed by atoms with Gasteiger partial charge in [-0.3, -0.25) is 0 Å². The minimum Gasteiger partial charge on any atom is -0.439 e. The van der Waals surface area contributed by atoms with Crippen molar-refractivity contribution in [2.45, 2.75) is 42.8 Å².